The van der Waals surface area contributed by atoms with Crippen LogP contribution in [0.1, 0.15) is 95.5 Å². The number of carboxylic acid groups (broad SMARTS) is 1. The van der Waals surface area contributed by atoms with Crippen LogP contribution in [-0.2, 0) is 33.8 Å². The van der Waals surface area contributed by atoms with Gasteiger partial charge in [-0.2, -0.15) is 0 Å². The molecule has 9 nitrogen and oxygen atoms in total. The van der Waals surface area contributed by atoms with Crippen LogP contribution in [0.5, 0.6) is 0 Å². The summed E-state index contributed by atoms with van der Waals surface area (Å²) in [5.74, 6) is -0.467. The van der Waals surface area contributed by atoms with Gasteiger partial charge < -0.3 is 29.5 Å². The average Bonchev–Trinajstić information content (AvgIpc) is 2.89. The van der Waals surface area contributed by atoms with Crippen molar-refractivity contribution in [1.29, 1.82) is 0 Å². The van der Waals surface area contributed by atoms with Crippen LogP contribution in [0.25, 0.3) is 11.1 Å². The second-order valence-electron chi connectivity index (χ2n) is 13.6. The maximum absolute atomic E-state index is 13.7. The zero-order valence-corrected chi connectivity index (χ0v) is 26.4. The lowest BCUT2D eigenvalue weighted by Crippen LogP contribution is -2.39. The summed E-state index contributed by atoms with van der Waals surface area (Å²) in [7, 11) is 0. The van der Waals surface area contributed by atoms with Crippen LogP contribution in [-0.4, -0.2) is 63.5 Å². The van der Waals surface area contributed by atoms with E-state index in [0.717, 1.165) is 53.9 Å². The Labute approximate surface area is 249 Å². The molecule has 3 heterocycles. The van der Waals surface area contributed by atoms with E-state index >= 15 is 0 Å². The fourth-order valence-electron chi connectivity index (χ4n) is 5.90. The van der Waals surface area contributed by atoms with Gasteiger partial charge in [-0.15, -0.1) is 0 Å². The van der Waals surface area contributed by atoms with E-state index in [0.29, 0.717) is 36.5 Å². The lowest BCUT2D eigenvalue weighted by Gasteiger charge is -2.41. The summed E-state index contributed by atoms with van der Waals surface area (Å²) in [6.07, 6.45) is 0.278. The number of piperidine rings is 1. The van der Waals surface area contributed by atoms with Crippen molar-refractivity contribution in [2.24, 2.45) is 5.41 Å². The Bertz CT molecular complexity index is 1320. The average molecular weight is 582 g/mol. The Morgan fingerprint density at radius 3 is 2.33 bits per heavy atom. The van der Waals surface area contributed by atoms with E-state index in [-0.39, 0.29) is 18.1 Å². The van der Waals surface area contributed by atoms with Gasteiger partial charge in [0.05, 0.1) is 29.7 Å². The number of fused-ring (bicyclic) bond motifs is 1. The van der Waals surface area contributed by atoms with Crippen LogP contribution < -0.4 is 4.90 Å². The number of aliphatic hydroxyl groups excluding tert-OH is 1. The van der Waals surface area contributed by atoms with Crippen molar-refractivity contribution in [3.05, 3.63) is 46.3 Å². The number of aromatic nitrogens is 1. The minimum Gasteiger partial charge on any atom is -0.465 e. The number of aryl methyl sites for hydroxylation is 1. The molecule has 1 aromatic heterocycles. The zero-order chi connectivity index (χ0) is 31.0. The topological polar surface area (TPSA) is 112 Å². The minimum atomic E-state index is -1.02. The first-order valence-corrected chi connectivity index (χ1v) is 15.0. The molecule has 0 aliphatic carbocycles. The van der Waals surface area contributed by atoms with Crippen LogP contribution in [0.3, 0.4) is 0 Å². The van der Waals surface area contributed by atoms with E-state index in [1.807, 2.05) is 53.7 Å². The molecule has 1 aromatic carbocycles. The third-order valence-corrected chi connectivity index (χ3v) is 8.13. The SMILES string of the molecule is Cc1nc(CO)c(-c2ccc3c(c2)CCN(C(=O)O)C3)c(N2CCC(C)(C)CC2)c1C(OC(C)(C)C)C(=O)OC(C)C. The highest BCUT2D eigenvalue weighted by molar-refractivity contribution is 5.89. The number of benzene rings is 1. The van der Waals surface area contributed by atoms with E-state index in [1.54, 1.807) is 0 Å². The van der Waals surface area contributed by atoms with Crippen molar-refractivity contribution < 1.29 is 29.3 Å². The number of carbonyl (C=O) groups is 2. The molecule has 2 N–H and O–H groups in total. The van der Waals surface area contributed by atoms with Gasteiger partial charge in [0.25, 0.3) is 0 Å². The Morgan fingerprint density at radius 1 is 1.10 bits per heavy atom. The number of rotatable bonds is 7. The molecule has 9 heteroatoms. The molecule has 1 atom stereocenters. The third kappa shape index (κ3) is 7.06. The van der Waals surface area contributed by atoms with Gasteiger partial charge in [-0.1, -0.05) is 32.0 Å². The van der Waals surface area contributed by atoms with Gasteiger partial charge in [0, 0.05) is 43.0 Å². The van der Waals surface area contributed by atoms with Gasteiger partial charge in [0.1, 0.15) is 0 Å². The molecular weight excluding hydrogens is 534 g/mol. The standard InChI is InChI=1S/C33H47N3O6/c1-20(2)41-30(38)29(42-32(4,5)6)26-21(3)34-25(19-37)27(28(26)35-15-12-33(7,8)13-16-35)23-9-10-24-18-36(31(39)40)14-11-22(24)17-23/h9-10,17,20,29,37H,11-16,18-19H2,1-8H3,(H,39,40). The Morgan fingerprint density at radius 2 is 1.76 bits per heavy atom. The lowest BCUT2D eigenvalue weighted by atomic mass is 9.81. The number of carbonyl (C=O) groups excluding carboxylic acids is 1. The first-order chi connectivity index (χ1) is 19.6. The smallest absolute Gasteiger partial charge is 0.407 e. The van der Waals surface area contributed by atoms with Crippen LogP contribution in [0.2, 0.25) is 0 Å². The number of hydrogen-bond acceptors (Lipinski definition) is 7. The van der Waals surface area contributed by atoms with Crippen molar-refractivity contribution in [3.63, 3.8) is 0 Å². The fourth-order valence-corrected chi connectivity index (χ4v) is 5.90. The Kier molecular flexibility index (Phi) is 9.23. The number of anilines is 1. The summed E-state index contributed by atoms with van der Waals surface area (Å²) in [5.41, 5.74) is 5.90. The summed E-state index contributed by atoms with van der Waals surface area (Å²) in [6.45, 7) is 17.9. The molecule has 42 heavy (non-hydrogen) atoms. The lowest BCUT2D eigenvalue weighted by molar-refractivity contribution is -0.171. The summed E-state index contributed by atoms with van der Waals surface area (Å²) in [4.78, 5) is 33.9. The number of ether oxygens (including phenoxy) is 2. The number of esters is 1. The molecule has 2 aliphatic heterocycles. The largest absolute Gasteiger partial charge is 0.465 e. The summed E-state index contributed by atoms with van der Waals surface area (Å²) >= 11 is 0. The number of aliphatic hydroxyl groups is 1. The zero-order valence-electron chi connectivity index (χ0n) is 26.4. The van der Waals surface area contributed by atoms with Crippen molar-refractivity contribution in [3.8, 4) is 11.1 Å². The highest BCUT2D eigenvalue weighted by atomic mass is 16.6. The quantitative estimate of drug-likeness (QED) is 0.382. The van der Waals surface area contributed by atoms with Crippen LogP contribution in [0.4, 0.5) is 10.5 Å². The molecule has 0 radical (unpaired) electrons. The van der Waals surface area contributed by atoms with E-state index in [1.165, 1.54) is 4.90 Å². The van der Waals surface area contributed by atoms with E-state index in [2.05, 4.69) is 24.8 Å². The van der Waals surface area contributed by atoms with Crippen LogP contribution >= 0.6 is 0 Å². The predicted molar refractivity (Wildman–Crippen MR) is 163 cm³/mol. The van der Waals surface area contributed by atoms with Crippen LogP contribution in [0, 0.1) is 12.3 Å². The second-order valence-corrected chi connectivity index (χ2v) is 13.6. The normalized spacial score (nSPS) is 17.7. The minimum absolute atomic E-state index is 0.193. The number of pyridine rings is 1. The highest BCUT2D eigenvalue weighted by Gasteiger charge is 2.38. The van der Waals surface area contributed by atoms with Gasteiger partial charge in [-0.3, -0.25) is 4.98 Å². The molecular formula is C33H47N3O6. The molecule has 0 spiro atoms. The number of hydrogen-bond donors (Lipinski definition) is 2. The highest BCUT2D eigenvalue weighted by Crippen LogP contribution is 2.45. The molecule has 1 fully saturated rings. The van der Waals surface area contributed by atoms with E-state index in [4.69, 9.17) is 14.5 Å². The first-order valence-electron chi connectivity index (χ1n) is 15.0. The van der Waals surface area contributed by atoms with Gasteiger partial charge >= 0.3 is 12.1 Å². The van der Waals surface area contributed by atoms with Crippen molar-refractivity contribution in [2.45, 2.75) is 106 Å². The maximum Gasteiger partial charge on any atom is 0.407 e. The fraction of sp³-hybridized carbons (Fsp3) is 0.606. The first kappa shape index (κ1) is 31.8. The van der Waals surface area contributed by atoms with E-state index in [9.17, 15) is 19.8 Å². The molecule has 230 valence electrons. The van der Waals surface area contributed by atoms with Gasteiger partial charge in [-0.25, -0.2) is 9.59 Å². The predicted octanol–water partition coefficient (Wildman–Crippen LogP) is 6.02. The van der Waals surface area contributed by atoms with Crippen molar-refractivity contribution >= 4 is 17.7 Å². The molecule has 4 rings (SSSR count). The summed E-state index contributed by atoms with van der Waals surface area (Å²) in [6, 6.07) is 6.04. The van der Waals surface area contributed by atoms with Gasteiger partial charge in [-0.05, 0) is 82.9 Å². The third-order valence-electron chi connectivity index (χ3n) is 8.13. The number of nitrogens with zero attached hydrogens (tertiary/aromatic N) is 3. The van der Waals surface area contributed by atoms with E-state index < -0.39 is 23.8 Å². The number of amides is 1. The molecule has 1 amide bonds. The molecule has 1 unspecified atom stereocenters. The molecule has 0 saturated carbocycles. The second kappa shape index (κ2) is 12.2. The summed E-state index contributed by atoms with van der Waals surface area (Å²) in [5, 5.41) is 20.1. The van der Waals surface area contributed by atoms with Crippen LogP contribution in [0.15, 0.2) is 18.2 Å². The van der Waals surface area contributed by atoms with Crippen molar-refractivity contribution in [1.82, 2.24) is 9.88 Å². The maximum atomic E-state index is 13.7. The molecule has 0 bridgehead atoms. The van der Waals surface area contributed by atoms with Gasteiger partial charge in [0.15, 0.2) is 6.10 Å². The molecule has 2 aliphatic rings. The Balaban J connectivity index is 1.97. The van der Waals surface area contributed by atoms with Crippen molar-refractivity contribution in [2.75, 3.05) is 24.5 Å². The molecule has 1 saturated heterocycles. The van der Waals surface area contributed by atoms with Gasteiger partial charge in [0.2, 0.25) is 0 Å². The Hall–Kier alpha value is -3.17. The summed E-state index contributed by atoms with van der Waals surface area (Å²) < 4.78 is 12.2. The monoisotopic (exact) mass is 581 g/mol. The molecule has 2 aromatic rings.